The van der Waals surface area contributed by atoms with E-state index in [0.29, 0.717) is 12.5 Å². The van der Waals surface area contributed by atoms with E-state index in [-0.39, 0.29) is 6.10 Å². The molecule has 1 heterocycles. The predicted molar refractivity (Wildman–Crippen MR) is 99.1 cm³/mol. The molecule has 0 saturated carbocycles. The SMILES string of the molecule is CCOC(CC)c1cc(C)nc(Oc2c(C)cc(C)cc2C)c1C. The molecule has 0 amide bonds. The molecule has 2 rings (SSSR count). The van der Waals surface area contributed by atoms with Crippen LogP contribution in [0.2, 0.25) is 0 Å². The molecule has 0 aliphatic heterocycles. The Labute approximate surface area is 146 Å². The maximum atomic E-state index is 6.25. The van der Waals surface area contributed by atoms with Crippen molar-refractivity contribution in [2.75, 3.05) is 6.61 Å². The molecule has 3 heteroatoms. The average molecular weight is 327 g/mol. The van der Waals surface area contributed by atoms with E-state index < -0.39 is 0 Å². The van der Waals surface area contributed by atoms with E-state index in [1.807, 2.05) is 13.8 Å². The number of ether oxygens (including phenoxy) is 2. The summed E-state index contributed by atoms with van der Waals surface area (Å²) >= 11 is 0. The first-order valence-corrected chi connectivity index (χ1v) is 8.72. The molecule has 24 heavy (non-hydrogen) atoms. The number of pyridine rings is 1. The highest BCUT2D eigenvalue weighted by Gasteiger charge is 2.18. The van der Waals surface area contributed by atoms with E-state index in [0.717, 1.165) is 34.6 Å². The number of nitrogens with zero attached hydrogens (tertiary/aromatic N) is 1. The van der Waals surface area contributed by atoms with Crippen LogP contribution in [0.1, 0.15) is 59.9 Å². The van der Waals surface area contributed by atoms with Crippen molar-refractivity contribution in [1.29, 1.82) is 0 Å². The first-order valence-electron chi connectivity index (χ1n) is 8.72. The summed E-state index contributed by atoms with van der Waals surface area (Å²) in [5.74, 6) is 1.58. The van der Waals surface area contributed by atoms with Gasteiger partial charge < -0.3 is 9.47 Å². The van der Waals surface area contributed by atoms with E-state index in [2.05, 4.69) is 57.8 Å². The molecule has 0 radical (unpaired) electrons. The van der Waals surface area contributed by atoms with Gasteiger partial charge in [0.15, 0.2) is 0 Å². The van der Waals surface area contributed by atoms with Gasteiger partial charge in [0.25, 0.3) is 0 Å². The van der Waals surface area contributed by atoms with Crippen LogP contribution < -0.4 is 4.74 Å². The highest BCUT2D eigenvalue weighted by Crippen LogP contribution is 2.34. The normalized spacial score (nSPS) is 12.3. The van der Waals surface area contributed by atoms with Crippen LogP contribution in [0.4, 0.5) is 0 Å². The van der Waals surface area contributed by atoms with Crippen LogP contribution in [0.25, 0.3) is 0 Å². The third-order valence-corrected chi connectivity index (χ3v) is 4.29. The zero-order valence-electron chi connectivity index (χ0n) is 16.0. The Morgan fingerprint density at radius 1 is 0.958 bits per heavy atom. The molecule has 1 aromatic carbocycles. The topological polar surface area (TPSA) is 31.4 Å². The number of benzene rings is 1. The smallest absolute Gasteiger partial charge is 0.222 e. The summed E-state index contributed by atoms with van der Waals surface area (Å²) in [6.45, 7) is 15.2. The van der Waals surface area contributed by atoms with Gasteiger partial charge in [-0.05, 0) is 70.7 Å². The van der Waals surface area contributed by atoms with E-state index in [1.165, 1.54) is 11.1 Å². The molecule has 0 fully saturated rings. The summed E-state index contributed by atoms with van der Waals surface area (Å²) in [4.78, 5) is 4.63. The Kier molecular flexibility index (Phi) is 6.00. The number of aromatic nitrogens is 1. The standard InChI is InChI=1S/C21H29NO2/c1-8-19(23-9-2)18-12-16(6)22-21(17(18)7)24-20-14(4)10-13(3)11-15(20)5/h10-12,19H,8-9H2,1-7H3. The fraction of sp³-hybridized carbons (Fsp3) is 0.476. The Hall–Kier alpha value is -1.87. The summed E-state index contributed by atoms with van der Waals surface area (Å²) in [5, 5.41) is 0. The first-order chi connectivity index (χ1) is 11.4. The molecule has 1 unspecified atom stereocenters. The zero-order chi connectivity index (χ0) is 17.9. The zero-order valence-corrected chi connectivity index (χ0v) is 16.0. The molecule has 0 bridgehead atoms. The second-order valence-electron chi connectivity index (χ2n) is 6.47. The van der Waals surface area contributed by atoms with E-state index in [4.69, 9.17) is 9.47 Å². The molecule has 1 aromatic heterocycles. The highest BCUT2D eigenvalue weighted by atomic mass is 16.5. The Balaban J connectivity index is 2.47. The number of aryl methyl sites for hydroxylation is 4. The fourth-order valence-electron chi connectivity index (χ4n) is 3.22. The molecule has 1 atom stereocenters. The number of hydrogen-bond donors (Lipinski definition) is 0. The van der Waals surface area contributed by atoms with Gasteiger partial charge in [-0.3, -0.25) is 0 Å². The van der Waals surface area contributed by atoms with Crippen molar-refractivity contribution in [2.45, 2.75) is 61.0 Å². The average Bonchev–Trinajstić information content (AvgIpc) is 2.51. The molecule has 130 valence electrons. The lowest BCUT2D eigenvalue weighted by molar-refractivity contribution is 0.0591. The lowest BCUT2D eigenvalue weighted by atomic mass is 10.0. The highest BCUT2D eigenvalue weighted by molar-refractivity contribution is 5.47. The van der Waals surface area contributed by atoms with E-state index in [9.17, 15) is 0 Å². The van der Waals surface area contributed by atoms with Crippen molar-refractivity contribution in [2.24, 2.45) is 0 Å². The van der Waals surface area contributed by atoms with Gasteiger partial charge in [0.1, 0.15) is 5.75 Å². The predicted octanol–water partition coefficient (Wildman–Crippen LogP) is 5.90. The van der Waals surface area contributed by atoms with Gasteiger partial charge in [-0.25, -0.2) is 4.98 Å². The van der Waals surface area contributed by atoms with Gasteiger partial charge in [-0.15, -0.1) is 0 Å². The van der Waals surface area contributed by atoms with Crippen molar-refractivity contribution in [3.05, 3.63) is 51.7 Å². The van der Waals surface area contributed by atoms with Gasteiger partial charge in [0.2, 0.25) is 5.88 Å². The van der Waals surface area contributed by atoms with Crippen LogP contribution in [-0.4, -0.2) is 11.6 Å². The summed E-state index contributed by atoms with van der Waals surface area (Å²) in [5.41, 5.74) is 6.69. The van der Waals surface area contributed by atoms with Crippen molar-refractivity contribution in [3.63, 3.8) is 0 Å². The summed E-state index contributed by atoms with van der Waals surface area (Å²) in [7, 11) is 0. The third-order valence-electron chi connectivity index (χ3n) is 4.29. The Morgan fingerprint density at radius 2 is 1.58 bits per heavy atom. The van der Waals surface area contributed by atoms with Gasteiger partial charge in [0, 0.05) is 17.9 Å². The van der Waals surface area contributed by atoms with Crippen LogP contribution in [0.5, 0.6) is 11.6 Å². The molecular formula is C21H29NO2. The maximum Gasteiger partial charge on any atom is 0.222 e. The van der Waals surface area contributed by atoms with Gasteiger partial charge >= 0.3 is 0 Å². The van der Waals surface area contributed by atoms with Gasteiger partial charge in [-0.1, -0.05) is 24.6 Å². The minimum absolute atomic E-state index is 0.0826. The van der Waals surface area contributed by atoms with Crippen molar-refractivity contribution >= 4 is 0 Å². The summed E-state index contributed by atoms with van der Waals surface area (Å²) in [6.07, 6.45) is 1.01. The van der Waals surface area contributed by atoms with Crippen molar-refractivity contribution in [1.82, 2.24) is 4.98 Å². The molecule has 0 spiro atoms. The molecule has 3 nitrogen and oxygen atoms in total. The quantitative estimate of drug-likeness (QED) is 0.661. The number of rotatable bonds is 6. The molecule has 2 aromatic rings. The molecule has 0 N–H and O–H groups in total. The van der Waals surface area contributed by atoms with Crippen LogP contribution in [-0.2, 0) is 4.74 Å². The van der Waals surface area contributed by atoms with E-state index in [1.54, 1.807) is 0 Å². The molecule has 0 aliphatic carbocycles. The first kappa shape index (κ1) is 18.5. The third kappa shape index (κ3) is 3.96. The van der Waals surface area contributed by atoms with Crippen LogP contribution in [0.3, 0.4) is 0 Å². The van der Waals surface area contributed by atoms with Crippen LogP contribution >= 0.6 is 0 Å². The summed E-state index contributed by atoms with van der Waals surface area (Å²) < 4.78 is 12.2. The molecule has 0 saturated heterocycles. The summed E-state index contributed by atoms with van der Waals surface area (Å²) in [6, 6.07) is 6.40. The van der Waals surface area contributed by atoms with Crippen molar-refractivity contribution < 1.29 is 9.47 Å². The van der Waals surface area contributed by atoms with Crippen LogP contribution in [0.15, 0.2) is 18.2 Å². The monoisotopic (exact) mass is 327 g/mol. The minimum Gasteiger partial charge on any atom is -0.438 e. The van der Waals surface area contributed by atoms with Crippen molar-refractivity contribution in [3.8, 4) is 11.6 Å². The number of hydrogen-bond acceptors (Lipinski definition) is 3. The van der Waals surface area contributed by atoms with Crippen LogP contribution in [0, 0.1) is 34.6 Å². The molecular weight excluding hydrogens is 298 g/mol. The Morgan fingerprint density at radius 3 is 2.12 bits per heavy atom. The van der Waals surface area contributed by atoms with Gasteiger partial charge in [-0.2, -0.15) is 0 Å². The largest absolute Gasteiger partial charge is 0.438 e. The lowest BCUT2D eigenvalue weighted by Crippen LogP contribution is -2.08. The minimum atomic E-state index is 0.0826. The lowest BCUT2D eigenvalue weighted by Gasteiger charge is -2.21. The fourth-order valence-corrected chi connectivity index (χ4v) is 3.22. The Bertz CT molecular complexity index is 699. The second kappa shape index (κ2) is 7.80. The maximum absolute atomic E-state index is 6.25. The second-order valence-corrected chi connectivity index (χ2v) is 6.47. The van der Waals surface area contributed by atoms with Gasteiger partial charge in [0.05, 0.1) is 6.10 Å². The van der Waals surface area contributed by atoms with E-state index >= 15 is 0 Å². The molecule has 0 aliphatic rings.